The maximum absolute atomic E-state index is 4.17. The number of alkyl halides is 1. The second-order valence-electron chi connectivity index (χ2n) is 5.25. The van der Waals surface area contributed by atoms with Gasteiger partial charge in [-0.3, -0.25) is 0 Å². The molecule has 0 heterocycles. The average molecular weight is 306 g/mol. The first-order valence-electron chi connectivity index (χ1n) is 5.67. The first kappa shape index (κ1) is 12.5. The van der Waals surface area contributed by atoms with Gasteiger partial charge in [-0.2, -0.15) is 0 Å². The van der Waals surface area contributed by atoms with Crippen molar-refractivity contribution in [1.29, 1.82) is 0 Å². The fraction of sp³-hybridized carbons (Fsp3) is 0.846. The van der Waals surface area contributed by atoms with E-state index in [1.807, 2.05) is 0 Å². The Balaban J connectivity index is 2.92. The van der Waals surface area contributed by atoms with Crippen molar-refractivity contribution in [1.82, 2.24) is 0 Å². The van der Waals surface area contributed by atoms with E-state index in [-0.39, 0.29) is 0 Å². The summed E-state index contributed by atoms with van der Waals surface area (Å²) in [5.74, 6) is 4.01. The van der Waals surface area contributed by atoms with E-state index in [0.29, 0.717) is 0 Å². The van der Waals surface area contributed by atoms with Gasteiger partial charge in [0.05, 0.1) is 0 Å². The first-order chi connectivity index (χ1) is 6.37. The van der Waals surface area contributed by atoms with Crippen LogP contribution in [-0.2, 0) is 0 Å². The molecule has 0 aromatic heterocycles. The molecule has 1 saturated carbocycles. The Morgan fingerprint density at radius 3 is 1.79 bits per heavy atom. The third-order valence-electron chi connectivity index (χ3n) is 4.47. The van der Waals surface area contributed by atoms with Crippen LogP contribution in [0, 0.1) is 29.6 Å². The molecule has 0 aromatic carbocycles. The van der Waals surface area contributed by atoms with Crippen LogP contribution >= 0.6 is 22.6 Å². The van der Waals surface area contributed by atoms with Crippen LogP contribution in [0.5, 0.6) is 0 Å². The van der Waals surface area contributed by atoms with E-state index in [0.717, 1.165) is 33.5 Å². The molecule has 0 nitrogen and oxygen atoms in total. The van der Waals surface area contributed by atoms with Crippen LogP contribution < -0.4 is 0 Å². The van der Waals surface area contributed by atoms with Crippen molar-refractivity contribution >= 4 is 22.6 Å². The normalized spacial score (nSPS) is 49.0. The largest absolute Gasteiger partial charge is 0.0998 e. The summed E-state index contributed by atoms with van der Waals surface area (Å²) >= 11 is 2.64. The topological polar surface area (TPSA) is 0 Å². The van der Waals surface area contributed by atoms with Gasteiger partial charge in [0, 0.05) is 3.92 Å². The van der Waals surface area contributed by atoms with E-state index in [1.54, 1.807) is 0 Å². The Morgan fingerprint density at radius 2 is 1.36 bits per heavy atom. The predicted octanol–water partition coefficient (Wildman–Crippen LogP) is 4.54. The number of allylic oxidation sites excluding steroid dienone is 1. The molecule has 1 aliphatic rings. The monoisotopic (exact) mass is 306 g/mol. The van der Waals surface area contributed by atoms with Gasteiger partial charge in [-0.25, -0.2) is 0 Å². The molecule has 1 heteroatoms. The smallest absolute Gasteiger partial charge is 0.0206 e. The molecular formula is C13H23I. The lowest BCUT2D eigenvalue weighted by Crippen LogP contribution is -2.43. The maximum Gasteiger partial charge on any atom is 0.0206 e. The molecule has 82 valence electrons. The molecule has 1 rings (SSSR count). The second-order valence-corrected chi connectivity index (χ2v) is 6.69. The first-order valence-corrected chi connectivity index (χ1v) is 6.92. The highest BCUT2D eigenvalue weighted by Crippen LogP contribution is 2.47. The van der Waals surface area contributed by atoms with Crippen molar-refractivity contribution in [3.8, 4) is 0 Å². The average Bonchev–Trinajstić information content (AvgIpc) is 2.11. The van der Waals surface area contributed by atoms with Crippen LogP contribution in [0.1, 0.15) is 34.6 Å². The van der Waals surface area contributed by atoms with E-state index in [9.17, 15) is 0 Å². The zero-order chi connectivity index (χ0) is 11.0. The summed E-state index contributed by atoms with van der Waals surface area (Å²) in [5.41, 5.74) is 1.38. The third-order valence-corrected chi connectivity index (χ3v) is 6.38. The quantitative estimate of drug-likeness (QED) is 0.379. The number of halogens is 1. The van der Waals surface area contributed by atoms with Crippen molar-refractivity contribution in [3.05, 3.63) is 12.2 Å². The molecule has 0 amide bonds. The molecule has 0 aromatic rings. The molecule has 0 bridgehead atoms. The molecule has 1 aliphatic carbocycles. The summed E-state index contributed by atoms with van der Waals surface area (Å²) in [5, 5.41) is 0. The van der Waals surface area contributed by atoms with Crippen molar-refractivity contribution in [3.63, 3.8) is 0 Å². The Hall–Kier alpha value is 0.470. The van der Waals surface area contributed by atoms with Gasteiger partial charge in [-0.1, -0.05) is 62.4 Å². The van der Waals surface area contributed by atoms with E-state index in [4.69, 9.17) is 0 Å². The SMILES string of the molecule is C=C(C)C1C(C)C(C)C(C)C(C)C1I. The summed E-state index contributed by atoms with van der Waals surface area (Å²) in [6.45, 7) is 16.0. The zero-order valence-electron chi connectivity index (χ0n) is 10.0. The molecule has 0 saturated heterocycles. The van der Waals surface area contributed by atoms with E-state index < -0.39 is 0 Å². The summed E-state index contributed by atoms with van der Waals surface area (Å²) in [7, 11) is 0. The minimum Gasteiger partial charge on any atom is -0.0998 e. The molecule has 6 unspecified atom stereocenters. The minimum atomic E-state index is 0.719. The molecule has 0 aliphatic heterocycles. The minimum absolute atomic E-state index is 0.719. The van der Waals surface area contributed by atoms with Crippen molar-refractivity contribution in [2.75, 3.05) is 0 Å². The summed E-state index contributed by atoms with van der Waals surface area (Å²) in [4.78, 5) is 0. The molecule has 0 N–H and O–H groups in total. The molecule has 14 heavy (non-hydrogen) atoms. The highest BCUT2D eigenvalue weighted by molar-refractivity contribution is 14.1. The van der Waals surface area contributed by atoms with Gasteiger partial charge in [0.15, 0.2) is 0 Å². The summed E-state index contributed by atoms with van der Waals surface area (Å²) < 4.78 is 0.770. The van der Waals surface area contributed by atoms with Crippen LogP contribution in [-0.4, -0.2) is 3.92 Å². The lowest BCUT2D eigenvalue weighted by atomic mass is 9.62. The predicted molar refractivity (Wildman–Crippen MR) is 72.8 cm³/mol. The lowest BCUT2D eigenvalue weighted by Gasteiger charge is -2.46. The van der Waals surface area contributed by atoms with Crippen LogP contribution in [0.15, 0.2) is 12.2 Å². The van der Waals surface area contributed by atoms with E-state index >= 15 is 0 Å². The van der Waals surface area contributed by atoms with Crippen LogP contribution in [0.3, 0.4) is 0 Å². The van der Waals surface area contributed by atoms with Crippen molar-refractivity contribution in [2.45, 2.75) is 38.5 Å². The molecule has 6 atom stereocenters. The van der Waals surface area contributed by atoms with Crippen molar-refractivity contribution < 1.29 is 0 Å². The molecule has 0 radical (unpaired) electrons. The van der Waals surface area contributed by atoms with Gasteiger partial charge in [-0.15, -0.1) is 0 Å². The summed E-state index contributed by atoms with van der Waals surface area (Å²) in [6.07, 6.45) is 0. The zero-order valence-corrected chi connectivity index (χ0v) is 12.2. The van der Waals surface area contributed by atoms with Gasteiger partial charge in [0.2, 0.25) is 0 Å². The van der Waals surface area contributed by atoms with Gasteiger partial charge >= 0.3 is 0 Å². The molecule has 1 fully saturated rings. The Kier molecular flexibility index (Phi) is 4.07. The van der Waals surface area contributed by atoms with Gasteiger partial charge in [0.1, 0.15) is 0 Å². The van der Waals surface area contributed by atoms with E-state index in [1.165, 1.54) is 5.57 Å². The maximum atomic E-state index is 4.17. The van der Waals surface area contributed by atoms with Crippen molar-refractivity contribution in [2.24, 2.45) is 29.6 Å². The van der Waals surface area contributed by atoms with Crippen LogP contribution in [0.4, 0.5) is 0 Å². The Bertz CT molecular complexity index is 205. The number of rotatable bonds is 1. The van der Waals surface area contributed by atoms with E-state index in [2.05, 4.69) is 63.8 Å². The highest BCUT2D eigenvalue weighted by atomic mass is 127. The van der Waals surface area contributed by atoms with Gasteiger partial charge < -0.3 is 0 Å². The molecular weight excluding hydrogens is 283 g/mol. The highest BCUT2D eigenvalue weighted by Gasteiger charge is 2.42. The Morgan fingerprint density at radius 1 is 0.929 bits per heavy atom. The fourth-order valence-corrected chi connectivity index (χ4v) is 4.84. The van der Waals surface area contributed by atoms with Gasteiger partial charge in [-0.05, 0) is 36.5 Å². The number of hydrogen-bond donors (Lipinski definition) is 0. The Labute approximate surface area is 103 Å². The van der Waals surface area contributed by atoms with Gasteiger partial charge in [0.25, 0.3) is 0 Å². The third kappa shape index (κ3) is 2.02. The number of hydrogen-bond acceptors (Lipinski definition) is 0. The lowest BCUT2D eigenvalue weighted by molar-refractivity contribution is 0.107. The second kappa shape index (κ2) is 4.54. The standard InChI is InChI=1S/C13H23I/c1-7(2)12-10(5)8(3)9(4)11(6)13(12)14/h8-13H,1H2,2-6H3. The van der Waals surface area contributed by atoms with Crippen LogP contribution in [0.2, 0.25) is 0 Å². The van der Waals surface area contributed by atoms with Crippen LogP contribution in [0.25, 0.3) is 0 Å². The molecule has 0 spiro atoms. The fourth-order valence-electron chi connectivity index (χ4n) is 2.91. The summed E-state index contributed by atoms with van der Waals surface area (Å²) in [6, 6.07) is 0.